The zero-order chi connectivity index (χ0) is 19.6. The summed E-state index contributed by atoms with van der Waals surface area (Å²) in [6.07, 6.45) is -0.0660. The third kappa shape index (κ3) is 3.90. The molecule has 0 unspecified atom stereocenters. The van der Waals surface area contributed by atoms with Crippen LogP contribution in [-0.4, -0.2) is 34.7 Å². The number of fused-ring (bicyclic) bond motifs is 1. The fourth-order valence-corrected chi connectivity index (χ4v) is 3.82. The molecule has 2 heterocycles. The fourth-order valence-electron chi connectivity index (χ4n) is 2.91. The highest BCUT2D eigenvalue weighted by molar-refractivity contribution is 7.18. The summed E-state index contributed by atoms with van der Waals surface area (Å²) in [7, 11) is 1.26. The van der Waals surface area contributed by atoms with Crippen LogP contribution in [0, 0.1) is 6.92 Å². The largest absolute Gasteiger partial charge is 0.465 e. The summed E-state index contributed by atoms with van der Waals surface area (Å²) in [6.45, 7) is 3.35. The molecule has 0 aliphatic rings. The van der Waals surface area contributed by atoms with Gasteiger partial charge in [-0.2, -0.15) is 0 Å². The van der Waals surface area contributed by atoms with Gasteiger partial charge in [-0.3, -0.25) is 9.59 Å². The standard InChI is InChI=1S/C19H19N3O4S/c1-10-17(19(25)26-3)13(22-18(10)11(2)23)8-15(24)20-9-16-21-12-6-4-5-7-14(12)27-16/h4-7,22H,8-9H2,1-3H3,(H,20,24). The fraction of sp³-hybridized carbons (Fsp3) is 0.263. The Morgan fingerprint density at radius 2 is 2.00 bits per heavy atom. The van der Waals surface area contributed by atoms with Crippen molar-refractivity contribution < 1.29 is 19.1 Å². The lowest BCUT2D eigenvalue weighted by atomic mass is 10.1. The molecule has 2 N–H and O–H groups in total. The molecule has 7 nitrogen and oxygen atoms in total. The van der Waals surface area contributed by atoms with E-state index in [2.05, 4.69) is 15.3 Å². The molecule has 0 saturated carbocycles. The predicted molar refractivity (Wildman–Crippen MR) is 102 cm³/mol. The molecule has 0 aliphatic carbocycles. The van der Waals surface area contributed by atoms with Crippen LogP contribution in [0.1, 0.15) is 44.0 Å². The van der Waals surface area contributed by atoms with E-state index < -0.39 is 5.97 Å². The minimum Gasteiger partial charge on any atom is -0.465 e. The van der Waals surface area contributed by atoms with Crippen LogP contribution in [0.4, 0.5) is 0 Å². The number of thiazole rings is 1. The van der Waals surface area contributed by atoms with Crippen molar-refractivity contribution >= 4 is 39.2 Å². The summed E-state index contributed by atoms with van der Waals surface area (Å²) in [4.78, 5) is 43.5. The summed E-state index contributed by atoms with van der Waals surface area (Å²) < 4.78 is 5.84. The number of amides is 1. The second-order valence-corrected chi connectivity index (χ2v) is 7.17. The number of hydrogen-bond donors (Lipinski definition) is 2. The highest BCUT2D eigenvalue weighted by Gasteiger charge is 2.24. The second kappa shape index (κ2) is 7.71. The van der Waals surface area contributed by atoms with Crippen LogP contribution < -0.4 is 5.32 Å². The number of hydrogen-bond acceptors (Lipinski definition) is 6. The van der Waals surface area contributed by atoms with Crippen molar-refractivity contribution in [2.45, 2.75) is 26.8 Å². The first-order chi connectivity index (χ1) is 12.9. The Hall–Kier alpha value is -3.00. The Morgan fingerprint density at radius 1 is 1.26 bits per heavy atom. The molecule has 0 bridgehead atoms. The molecule has 3 rings (SSSR count). The Bertz CT molecular complexity index is 1000. The Kier molecular flexibility index (Phi) is 5.36. The second-order valence-electron chi connectivity index (χ2n) is 6.06. The molecular weight excluding hydrogens is 366 g/mol. The number of nitrogens with zero attached hydrogens (tertiary/aromatic N) is 1. The molecule has 27 heavy (non-hydrogen) atoms. The SMILES string of the molecule is COC(=O)c1c(CC(=O)NCc2nc3ccccc3s2)[nH]c(C(C)=O)c1C. The lowest BCUT2D eigenvalue weighted by Crippen LogP contribution is -2.25. The number of rotatable bonds is 6. The number of nitrogens with one attached hydrogen (secondary N) is 2. The zero-order valence-electron chi connectivity index (χ0n) is 15.2. The minimum atomic E-state index is -0.578. The van der Waals surface area contributed by atoms with E-state index in [-0.39, 0.29) is 23.7 Å². The van der Waals surface area contributed by atoms with Crippen molar-refractivity contribution in [1.29, 1.82) is 0 Å². The zero-order valence-corrected chi connectivity index (χ0v) is 16.0. The molecular formula is C19H19N3O4S. The average Bonchev–Trinajstić information content (AvgIpc) is 3.20. The number of H-pyrrole nitrogens is 1. The van der Waals surface area contributed by atoms with Gasteiger partial charge in [-0.25, -0.2) is 9.78 Å². The van der Waals surface area contributed by atoms with Crippen molar-refractivity contribution in [3.8, 4) is 0 Å². The van der Waals surface area contributed by atoms with E-state index in [1.54, 1.807) is 6.92 Å². The van der Waals surface area contributed by atoms with Gasteiger partial charge in [0.05, 0.1) is 41.5 Å². The van der Waals surface area contributed by atoms with Gasteiger partial charge in [-0.1, -0.05) is 12.1 Å². The molecule has 0 aliphatic heterocycles. The number of benzene rings is 1. The summed E-state index contributed by atoms with van der Waals surface area (Å²) in [6, 6.07) is 7.76. The highest BCUT2D eigenvalue weighted by Crippen LogP contribution is 2.22. The lowest BCUT2D eigenvalue weighted by Gasteiger charge is -2.05. The van der Waals surface area contributed by atoms with Crippen LogP contribution in [0.25, 0.3) is 10.2 Å². The van der Waals surface area contributed by atoms with E-state index in [4.69, 9.17) is 4.74 Å². The van der Waals surface area contributed by atoms with Gasteiger partial charge in [0.2, 0.25) is 5.91 Å². The van der Waals surface area contributed by atoms with Crippen molar-refractivity contribution in [3.63, 3.8) is 0 Å². The third-order valence-electron chi connectivity index (χ3n) is 4.18. The Balaban J connectivity index is 1.74. The van der Waals surface area contributed by atoms with E-state index in [9.17, 15) is 14.4 Å². The number of esters is 1. The van der Waals surface area contributed by atoms with Gasteiger partial charge >= 0.3 is 5.97 Å². The first-order valence-corrected chi connectivity index (χ1v) is 9.14. The van der Waals surface area contributed by atoms with Crippen LogP contribution in [-0.2, 0) is 22.5 Å². The van der Waals surface area contributed by atoms with E-state index in [0.29, 0.717) is 23.5 Å². The van der Waals surface area contributed by atoms with Crippen molar-refractivity contribution in [2.75, 3.05) is 7.11 Å². The monoisotopic (exact) mass is 385 g/mol. The predicted octanol–water partition coefficient (Wildman–Crippen LogP) is 2.78. The maximum Gasteiger partial charge on any atom is 0.339 e. The molecule has 3 aromatic rings. The molecule has 8 heteroatoms. The molecule has 0 radical (unpaired) electrons. The van der Waals surface area contributed by atoms with E-state index in [0.717, 1.165) is 15.2 Å². The number of carbonyl (C=O) groups excluding carboxylic acids is 3. The first-order valence-electron chi connectivity index (χ1n) is 8.32. The maximum absolute atomic E-state index is 12.4. The smallest absolute Gasteiger partial charge is 0.339 e. The molecule has 0 spiro atoms. The normalized spacial score (nSPS) is 10.8. The third-order valence-corrected chi connectivity index (χ3v) is 5.22. The number of para-hydroxylation sites is 1. The molecule has 140 valence electrons. The summed E-state index contributed by atoms with van der Waals surface area (Å²) >= 11 is 1.52. The summed E-state index contributed by atoms with van der Waals surface area (Å²) in [5.41, 5.74) is 2.29. The van der Waals surface area contributed by atoms with Gasteiger partial charge in [0, 0.05) is 12.6 Å². The van der Waals surface area contributed by atoms with Gasteiger partial charge < -0.3 is 15.0 Å². The molecule has 0 fully saturated rings. The van der Waals surface area contributed by atoms with Crippen LogP contribution in [0.15, 0.2) is 24.3 Å². The van der Waals surface area contributed by atoms with E-state index in [1.807, 2.05) is 24.3 Å². The first kappa shape index (κ1) is 18.8. The average molecular weight is 385 g/mol. The molecule has 1 amide bonds. The minimum absolute atomic E-state index is 0.0660. The van der Waals surface area contributed by atoms with Gasteiger partial charge in [-0.15, -0.1) is 11.3 Å². The van der Waals surface area contributed by atoms with Crippen molar-refractivity contribution in [1.82, 2.24) is 15.3 Å². The molecule has 0 atom stereocenters. The van der Waals surface area contributed by atoms with Crippen LogP contribution in [0.3, 0.4) is 0 Å². The number of aromatic amines is 1. The van der Waals surface area contributed by atoms with Crippen LogP contribution in [0.2, 0.25) is 0 Å². The van der Waals surface area contributed by atoms with Crippen LogP contribution >= 0.6 is 11.3 Å². The number of ether oxygens (including phenoxy) is 1. The number of methoxy groups -OCH3 is 1. The van der Waals surface area contributed by atoms with Crippen LogP contribution in [0.5, 0.6) is 0 Å². The lowest BCUT2D eigenvalue weighted by molar-refractivity contribution is -0.120. The number of aromatic nitrogens is 2. The van der Waals surface area contributed by atoms with Gasteiger partial charge in [0.15, 0.2) is 5.78 Å². The van der Waals surface area contributed by atoms with E-state index >= 15 is 0 Å². The Morgan fingerprint density at radius 3 is 2.67 bits per heavy atom. The van der Waals surface area contributed by atoms with Gasteiger partial charge in [-0.05, 0) is 24.6 Å². The number of Topliss-reactive ketones (excluding diaryl/α,β-unsaturated/α-hetero) is 1. The van der Waals surface area contributed by atoms with Gasteiger partial charge in [0.1, 0.15) is 5.01 Å². The Labute approximate surface area is 159 Å². The molecule has 2 aromatic heterocycles. The molecule has 1 aromatic carbocycles. The maximum atomic E-state index is 12.4. The topological polar surface area (TPSA) is 101 Å². The number of carbonyl (C=O) groups is 3. The highest BCUT2D eigenvalue weighted by atomic mass is 32.1. The van der Waals surface area contributed by atoms with Gasteiger partial charge in [0.25, 0.3) is 0 Å². The summed E-state index contributed by atoms with van der Waals surface area (Å²) in [5.74, 6) is -1.07. The quantitative estimate of drug-likeness (QED) is 0.502. The molecule has 0 saturated heterocycles. The van der Waals surface area contributed by atoms with Crippen molar-refractivity contribution in [3.05, 3.63) is 51.8 Å². The van der Waals surface area contributed by atoms with E-state index in [1.165, 1.54) is 25.4 Å². The number of ketones is 1. The summed E-state index contributed by atoms with van der Waals surface area (Å²) in [5, 5.41) is 3.60. The van der Waals surface area contributed by atoms with Crippen molar-refractivity contribution in [2.24, 2.45) is 0 Å².